The molecular weight excluding hydrogens is 394 g/mol. The highest BCUT2D eigenvalue weighted by atomic mass is 16.7. The topological polar surface area (TPSA) is 172 Å². The summed E-state index contributed by atoms with van der Waals surface area (Å²) in [6.07, 6.45) is -6.25. The Bertz CT molecular complexity index is 663. The highest BCUT2D eigenvalue weighted by Crippen LogP contribution is 2.29. The highest BCUT2D eigenvalue weighted by molar-refractivity contribution is 5.68. The molecule has 5 atom stereocenters. The first-order chi connectivity index (χ1) is 13.6. The maximum Gasteiger partial charge on any atom is 0.303 e. The first-order valence-electron chi connectivity index (χ1n) is 8.58. The molecule has 0 radical (unpaired) electrons. The van der Waals surface area contributed by atoms with Crippen molar-refractivity contribution >= 4 is 23.9 Å². The summed E-state index contributed by atoms with van der Waals surface area (Å²) in [5.41, 5.74) is 8.35. The number of carbonyl (C=O) groups is 4. The Hall–Kier alpha value is -2.89. The van der Waals surface area contributed by atoms with Gasteiger partial charge in [-0.2, -0.15) is 0 Å². The molecule has 1 unspecified atom stereocenters. The van der Waals surface area contributed by atoms with E-state index in [0.717, 1.165) is 20.8 Å². The molecule has 29 heavy (non-hydrogen) atoms. The summed E-state index contributed by atoms with van der Waals surface area (Å²) >= 11 is 0. The fourth-order valence-corrected chi connectivity index (χ4v) is 2.58. The first-order valence-corrected chi connectivity index (χ1v) is 8.58. The Morgan fingerprint density at radius 2 is 1.45 bits per heavy atom. The Labute approximate surface area is 166 Å². The van der Waals surface area contributed by atoms with Gasteiger partial charge < -0.3 is 28.4 Å². The second-order valence-corrected chi connectivity index (χ2v) is 5.89. The normalized spacial score (nSPS) is 25.9. The standard InChI is InChI=1S/C16H23N3O10/c1-8(20)25-7-12-13(26-9(2)21)14(27-10(3)22)15(28-11(4)23)16(29-12)24-6-5-18-19-17/h12-16H,5-7H2,1-4H3/t12-,13+,14+,15-,16?/m1/s1. The molecule has 13 nitrogen and oxygen atoms in total. The van der Waals surface area contributed by atoms with E-state index < -0.39 is 54.6 Å². The Morgan fingerprint density at radius 1 is 0.897 bits per heavy atom. The average Bonchev–Trinajstić information content (AvgIpc) is 2.60. The second kappa shape index (κ2) is 11.8. The number of carbonyl (C=O) groups excluding carboxylic acids is 4. The van der Waals surface area contributed by atoms with Gasteiger partial charge in [0.25, 0.3) is 0 Å². The van der Waals surface area contributed by atoms with Crippen molar-refractivity contribution in [2.75, 3.05) is 19.8 Å². The van der Waals surface area contributed by atoms with E-state index in [1.54, 1.807) is 0 Å². The number of hydrogen-bond donors (Lipinski definition) is 0. The van der Waals surface area contributed by atoms with Crippen molar-refractivity contribution in [1.82, 2.24) is 0 Å². The van der Waals surface area contributed by atoms with Crippen LogP contribution in [0, 0.1) is 0 Å². The molecule has 0 saturated carbocycles. The molecule has 162 valence electrons. The minimum absolute atomic E-state index is 0.0522. The minimum Gasteiger partial charge on any atom is -0.463 e. The van der Waals surface area contributed by atoms with Gasteiger partial charge in [0, 0.05) is 39.2 Å². The van der Waals surface area contributed by atoms with Crippen molar-refractivity contribution in [3.8, 4) is 0 Å². The molecule has 1 rings (SSSR count). The SMILES string of the molecule is CC(=O)OC[C@H]1OC(OCCN=[N+]=[N-])[C@H](OC(C)=O)[C@@H](OC(C)=O)[C@H]1OC(C)=O. The molecule has 0 amide bonds. The molecule has 0 aromatic heterocycles. The quantitative estimate of drug-likeness (QED) is 0.128. The molecule has 0 spiro atoms. The van der Waals surface area contributed by atoms with Crippen molar-refractivity contribution in [2.45, 2.75) is 58.4 Å². The summed E-state index contributed by atoms with van der Waals surface area (Å²) in [5.74, 6) is -2.83. The zero-order valence-electron chi connectivity index (χ0n) is 16.4. The van der Waals surface area contributed by atoms with Crippen molar-refractivity contribution in [2.24, 2.45) is 5.11 Å². The van der Waals surface area contributed by atoms with Crippen LogP contribution in [-0.2, 0) is 47.6 Å². The molecule has 13 heteroatoms. The molecule has 0 aromatic rings. The van der Waals surface area contributed by atoms with Crippen LogP contribution in [-0.4, -0.2) is 74.3 Å². The second-order valence-electron chi connectivity index (χ2n) is 5.89. The van der Waals surface area contributed by atoms with Crippen LogP contribution >= 0.6 is 0 Å². The van der Waals surface area contributed by atoms with Gasteiger partial charge in [-0.25, -0.2) is 0 Å². The maximum atomic E-state index is 11.6. The van der Waals surface area contributed by atoms with E-state index >= 15 is 0 Å². The molecule has 0 aliphatic carbocycles. The van der Waals surface area contributed by atoms with Crippen LogP contribution in [0.1, 0.15) is 27.7 Å². The van der Waals surface area contributed by atoms with Crippen LogP contribution in [0.5, 0.6) is 0 Å². The fraction of sp³-hybridized carbons (Fsp3) is 0.750. The highest BCUT2D eigenvalue weighted by Gasteiger charge is 2.52. The van der Waals surface area contributed by atoms with Gasteiger partial charge in [-0.15, -0.1) is 0 Å². The lowest BCUT2D eigenvalue weighted by atomic mass is 9.98. The minimum atomic E-state index is -1.31. The van der Waals surface area contributed by atoms with Crippen LogP contribution in [0.4, 0.5) is 0 Å². The summed E-state index contributed by atoms with van der Waals surface area (Å²) in [6, 6.07) is 0. The van der Waals surface area contributed by atoms with E-state index in [0.29, 0.717) is 0 Å². The predicted molar refractivity (Wildman–Crippen MR) is 91.9 cm³/mol. The summed E-state index contributed by atoms with van der Waals surface area (Å²) in [4.78, 5) is 48.5. The van der Waals surface area contributed by atoms with E-state index in [1.165, 1.54) is 6.92 Å². The lowest BCUT2D eigenvalue weighted by Crippen LogP contribution is -2.63. The average molecular weight is 417 g/mol. The van der Waals surface area contributed by atoms with E-state index in [1.807, 2.05) is 0 Å². The molecule has 1 aliphatic rings. The molecule has 1 fully saturated rings. The molecule has 1 heterocycles. The van der Waals surface area contributed by atoms with Gasteiger partial charge in [-0.05, 0) is 5.53 Å². The van der Waals surface area contributed by atoms with E-state index in [9.17, 15) is 19.2 Å². The van der Waals surface area contributed by atoms with E-state index in [2.05, 4.69) is 10.0 Å². The third kappa shape index (κ3) is 8.34. The fourth-order valence-electron chi connectivity index (χ4n) is 2.58. The van der Waals surface area contributed by atoms with Gasteiger partial charge in [0.2, 0.25) is 0 Å². The monoisotopic (exact) mass is 417 g/mol. The number of nitrogens with zero attached hydrogens (tertiary/aromatic N) is 3. The van der Waals surface area contributed by atoms with E-state index in [4.69, 9.17) is 34.0 Å². The van der Waals surface area contributed by atoms with Crippen LogP contribution in [0.15, 0.2) is 5.11 Å². The van der Waals surface area contributed by atoms with Gasteiger partial charge in [-0.1, -0.05) is 5.11 Å². The maximum absolute atomic E-state index is 11.6. The summed E-state index contributed by atoms with van der Waals surface area (Å²) in [5, 5.41) is 3.31. The molecule has 1 saturated heterocycles. The Kier molecular flexibility index (Phi) is 9.86. The zero-order valence-corrected chi connectivity index (χ0v) is 16.4. The Morgan fingerprint density at radius 3 is 1.97 bits per heavy atom. The zero-order chi connectivity index (χ0) is 22.0. The van der Waals surface area contributed by atoms with Gasteiger partial charge >= 0.3 is 23.9 Å². The van der Waals surface area contributed by atoms with Crippen molar-refractivity contribution in [3.63, 3.8) is 0 Å². The number of esters is 4. The summed E-state index contributed by atoms with van der Waals surface area (Å²) in [6.45, 7) is 4.01. The van der Waals surface area contributed by atoms with Crippen molar-refractivity contribution < 1.29 is 47.6 Å². The van der Waals surface area contributed by atoms with Crippen molar-refractivity contribution in [1.29, 1.82) is 0 Å². The van der Waals surface area contributed by atoms with Gasteiger partial charge in [-0.3, -0.25) is 19.2 Å². The molecule has 0 bridgehead atoms. The number of azide groups is 1. The Balaban J connectivity index is 3.22. The largest absolute Gasteiger partial charge is 0.463 e. The van der Waals surface area contributed by atoms with Gasteiger partial charge in [0.05, 0.1) is 6.61 Å². The van der Waals surface area contributed by atoms with Crippen LogP contribution in [0.3, 0.4) is 0 Å². The van der Waals surface area contributed by atoms with Crippen LogP contribution in [0.2, 0.25) is 0 Å². The molecule has 0 aromatic carbocycles. The lowest BCUT2D eigenvalue weighted by Gasteiger charge is -2.44. The van der Waals surface area contributed by atoms with Gasteiger partial charge in [0.1, 0.15) is 12.7 Å². The molecular formula is C16H23N3O10. The van der Waals surface area contributed by atoms with E-state index in [-0.39, 0.29) is 19.8 Å². The smallest absolute Gasteiger partial charge is 0.303 e. The van der Waals surface area contributed by atoms with Crippen LogP contribution in [0.25, 0.3) is 10.4 Å². The van der Waals surface area contributed by atoms with Gasteiger partial charge in [0.15, 0.2) is 24.6 Å². The third-order valence-electron chi connectivity index (χ3n) is 3.48. The third-order valence-corrected chi connectivity index (χ3v) is 3.48. The summed E-state index contributed by atoms with van der Waals surface area (Å²) in [7, 11) is 0. The lowest BCUT2D eigenvalue weighted by molar-refractivity contribution is -0.307. The van der Waals surface area contributed by atoms with Crippen molar-refractivity contribution in [3.05, 3.63) is 10.4 Å². The number of rotatable bonds is 9. The molecule has 0 N–H and O–H groups in total. The predicted octanol–water partition coefficient (Wildman–Crippen LogP) is 0.396. The molecule has 1 aliphatic heterocycles. The number of hydrogen-bond acceptors (Lipinski definition) is 11. The van der Waals surface area contributed by atoms with Crippen LogP contribution < -0.4 is 0 Å². The summed E-state index contributed by atoms with van der Waals surface area (Å²) < 4.78 is 31.7. The first kappa shape index (κ1) is 24.1. The number of ether oxygens (including phenoxy) is 6.